The van der Waals surface area contributed by atoms with E-state index in [1.165, 1.54) is 18.2 Å². The predicted molar refractivity (Wildman–Crippen MR) is 449 cm³/mol. The average Bonchev–Trinajstić information content (AvgIpc) is 0.842. The Balaban J connectivity index is 0.000000175. The second-order valence-electron chi connectivity index (χ2n) is 30.5. The van der Waals surface area contributed by atoms with Gasteiger partial charge in [0.1, 0.15) is 82.5 Å². The summed E-state index contributed by atoms with van der Waals surface area (Å²) in [6, 6.07) is 80.5. The summed E-state index contributed by atoms with van der Waals surface area (Å²) in [4.78, 5) is 67.0. The monoisotopic (exact) mass is 2570 g/mol. The zero-order valence-electron chi connectivity index (χ0n) is 70.4. The number of benzene rings is 2. The SMILES string of the molecule is CC(C)(c1cccc(-c2[c-]cc(F)nc2F)n1)c1cccc(-n2[c-]cc(C(F)(F)F)n2)n1.CC(C)(c1cccc(C(=O)O)n1)c1cccc(-c2[c-]cc(F)nc2F)n1.Fc1c[c-]c(-c2cccc(C(c3ccccc3)(c3ccccc3)c3cccc(-c4[c-]cc(F)nc4F)n3)n2)c(F)n1.Fc1c[c-]c(-c2cccc(C3(c4cccc(-c5[c-]cc(F)nc5F)n4)CCCC3)n2)c(F)n1.[Pt+2].[Pt+2].[Pt+2].[Pt]. The number of rotatable bonds is 18. The first-order valence-corrected chi connectivity index (χ1v) is 39.9. The molecule has 0 spiro atoms. The van der Waals surface area contributed by atoms with E-state index < -0.39 is 111 Å². The van der Waals surface area contributed by atoms with Crippen molar-refractivity contribution in [2.75, 3.05) is 0 Å². The van der Waals surface area contributed by atoms with E-state index in [4.69, 9.17) is 15.1 Å². The normalized spacial score (nSPS) is 12.1. The maximum atomic E-state index is 14.7. The van der Waals surface area contributed by atoms with E-state index in [1.807, 2.05) is 100 Å². The van der Waals surface area contributed by atoms with Crippen LogP contribution >= 0.6 is 0 Å². The number of nitrogens with zero attached hydrogens (tertiary/aromatic N) is 16. The Labute approximate surface area is 824 Å². The molecule has 1 fully saturated rings. The second-order valence-corrected chi connectivity index (χ2v) is 30.5. The van der Waals surface area contributed by atoms with Crippen LogP contribution in [0.2, 0.25) is 0 Å². The van der Waals surface area contributed by atoms with Gasteiger partial charge < -0.3 is 29.7 Å². The third kappa shape index (κ3) is 22.7. The molecule has 1 aliphatic rings. The van der Waals surface area contributed by atoms with Gasteiger partial charge >= 0.3 is 75.3 Å². The number of hydrogen-bond donors (Lipinski definition) is 1. The van der Waals surface area contributed by atoms with Gasteiger partial charge in [0.15, 0.2) is 0 Å². The molecule has 17 aromatic rings. The molecule has 0 aliphatic heterocycles. The van der Waals surface area contributed by atoms with Crippen LogP contribution in [-0.2, 0) is 112 Å². The van der Waals surface area contributed by atoms with E-state index in [0.717, 1.165) is 84.0 Å². The molecule has 0 amide bonds. The number of carboxylic acid groups (broad SMARTS) is 1. The van der Waals surface area contributed by atoms with Crippen molar-refractivity contribution in [3.63, 3.8) is 0 Å². The first kappa shape index (κ1) is 103. The van der Waals surface area contributed by atoms with E-state index >= 15 is 0 Å². The number of pyridine rings is 14. The maximum Gasteiger partial charge on any atom is 2.00 e. The molecule has 0 bridgehead atoms. The fraction of sp³-hybridized carbons (Fsp3) is 0.131. The van der Waals surface area contributed by atoms with Crippen LogP contribution in [-0.4, -0.2) is 90.6 Å². The molecule has 136 heavy (non-hydrogen) atoms. The number of aromatic nitrogens is 16. The van der Waals surface area contributed by atoms with Crippen molar-refractivity contribution in [2.24, 2.45) is 0 Å². The molecule has 18 rings (SSSR count). The molecule has 1 N–H and O–H groups in total. The molecule has 1 aliphatic carbocycles. The number of carboxylic acids is 1. The zero-order valence-corrected chi connectivity index (χ0v) is 79.5. The Bertz CT molecular complexity index is 6900. The van der Waals surface area contributed by atoms with Crippen LogP contribution < -0.4 is 0 Å². The van der Waals surface area contributed by atoms with Crippen LogP contribution in [0.3, 0.4) is 0 Å². The molecule has 0 atom stereocenters. The van der Waals surface area contributed by atoms with Crippen molar-refractivity contribution in [2.45, 2.75) is 81.2 Å². The van der Waals surface area contributed by atoms with E-state index in [-0.39, 0.29) is 163 Å². The average molecular weight is 2570 g/mol. The number of alkyl halides is 3. The summed E-state index contributed by atoms with van der Waals surface area (Å²) in [5, 5.41) is 12.6. The molecule has 0 radical (unpaired) electrons. The molecule has 2 aromatic carbocycles. The number of halogens is 15. The molecule has 15 aromatic heterocycles. The van der Waals surface area contributed by atoms with Gasteiger partial charge in [-0.2, -0.15) is 13.2 Å². The molecular weight excluding hydrogens is 2510 g/mol. The quantitative estimate of drug-likeness (QED) is 0.0477. The molecule has 37 heteroatoms. The van der Waals surface area contributed by atoms with Crippen LogP contribution in [0, 0.1) is 114 Å². The standard InChI is InChI=1S/C33H18F4N4.C25H16F4N4.C22H14F5N5.C19H14F2N3O2.4Pt/c34-29-19-17-23(31(36)40-29)25-13-7-15-27(38-25)33(21-9-3-1-4-10-21,22-11-5-2-6-12-22)28-16-8-14-26(39-28)24-18-20-30(35)41-32(24)37;26-21-11-9-15(23(28)32-21)17-5-3-7-19(30-17)25(13-1-2-14-25)20-8-4-6-18(31-20)16-10-12-22(27)33-24(16)29;1-21(2,15-6-3-5-14(28-15)13-9-10-18(23)30-20(13)24)16-7-4-8-19(29-16)32-12-11-17(31-32)22(25,26)27;1-19(2,15-8-4-6-13(23-15)18(25)26)14-7-3-5-12(22-14)11-9-10-16(20)24-17(11)21;;;;/h1-16,19-20H;3-8,11-12H,1-2,13-14H2;3-8,10-11H,1-2H3;3-8,10H,1-2H3,(H,25,26);;;;/q3*-2;-1;;3*+2. The Morgan fingerprint density at radius 3 is 0.912 bits per heavy atom. The fourth-order valence-electron chi connectivity index (χ4n) is 14.9. The van der Waals surface area contributed by atoms with Crippen LogP contribution in [0.15, 0.2) is 249 Å². The van der Waals surface area contributed by atoms with Gasteiger partial charge in [-0.25, -0.2) is 62.5 Å². The Hall–Kier alpha value is -13.1. The topological polar surface area (TPSA) is 236 Å². The van der Waals surface area contributed by atoms with E-state index in [9.17, 15) is 70.7 Å². The summed E-state index contributed by atoms with van der Waals surface area (Å²) in [5.41, 5.74) is 2.30. The minimum Gasteiger partial charge on any atom is -0.477 e. The maximum absolute atomic E-state index is 14.7. The molecular formula is C99H62F15N16O2Pt4-. The van der Waals surface area contributed by atoms with Crippen LogP contribution in [0.5, 0.6) is 0 Å². The molecule has 15 heterocycles. The van der Waals surface area contributed by atoms with Gasteiger partial charge in [0.25, 0.3) is 0 Å². The van der Waals surface area contributed by atoms with Crippen molar-refractivity contribution in [3.05, 3.63) is 431 Å². The molecule has 0 saturated heterocycles. The van der Waals surface area contributed by atoms with Crippen molar-refractivity contribution in [3.8, 4) is 73.4 Å². The Morgan fingerprint density at radius 1 is 0.324 bits per heavy atom. The number of carbonyl (C=O) groups is 1. The van der Waals surface area contributed by atoms with Gasteiger partial charge in [-0.1, -0.05) is 240 Å². The smallest absolute Gasteiger partial charge is 0.477 e. The minimum atomic E-state index is -4.59. The Morgan fingerprint density at radius 2 is 0.603 bits per heavy atom. The van der Waals surface area contributed by atoms with Crippen LogP contribution in [0.25, 0.3) is 73.4 Å². The second kappa shape index (κ2) is 44.2. The van der Waals surface area contributed by atoms with E-state index in [1.54, 1.807) is 115 Å². The van der Waals surface area contributed by atoms with Gasteiger partial charge in [0.05, 0.1) is 34.0 Å². The largest absolute Gasteiger partial charge is 2.00 e. The molecule has 696 valence electrons. The summed E-state index contributed by atoms with van der Waals surface area (Å²) < 4.78 is 205. The summed E-state index contributed by atoms with van der Waals surface area (Å²) >= 11 is 0. The van der Waals surface area contributed by atoms with Gasteiger partial charge in [0, 0.05) is 60.4 Å². The third-order valence-electron chi connectivity index (χ3n) is 21.4. The van der Waals surface area contributed by atoms with Crippen molar-refractivity contribution < 1.29 is 160 Å². The van der Waals surface area contributed by atoms with Gasteiger partial charge in [-0.15, -0.1) is 42.5 Å². The van der Waals surface area contributed by atoms with Crippen molar-refractivity contribution >= 4 is 5.97 Å². The first-order chi connectivity index (χ1) is 63.3. The van der Waals surface area contributed by atoms with Crippen molar-refractivity contribution in [1.82, 2.24) is 79.6 Å². The van der Waals surface area contributed by atoms with Crippen molar-refractivity contribution in [1.29, 1.82) is 0 Å². The summed E-state index contributed by atoms with van der Waals surface area (Å²) in [5.74, 6) is -13.0. The molecule has 18 nitrogen and oxygen atoms in total. The fourth-order valence-corrected chi connectivity index (χ4v) is 14.9. The van der Waals surface area contributed by atoms with Gasteiger partial charge in [0.2, 0.25) is 0 Å². The summed E-state index contributed by atoms with van der Waals surface area (Å²) in [7, 11) is 0. The van der Waals surface area contributed by atoms with Crippen LogP contribution in [0.4, 0.5) is 65.9 Å². The van der Waals surface area contributed by atoms with Gasteiger partial charge in [-0.05, 0) is 140 Å². The van der Waals surface area contributed by atoms with E-state index in [0.29, 0.717) is 45.6 Å². The predicted octanol–water partition coefficient (Wildman–Crippen LogP) is 21.3. The molecule has 0 unspecified atom stereocenters. The van der Waals surface area contributed by atoms with Crippen LogP contribution in [0.1, 0.15) is 126 Å². The van der Waals surface area contributed by atoms with Gasteiger partial charge in [-0.3, -0.25) is 50.0 Å². The Kier molecular flexibility index (Phi) is 33.6. The summed E-state index contributed by atoms with van der Waals surface area (Å²) in [6.07, 6.45) is 1.15. The third-order valence-corrected chi connectivity index (χ3v) is 21.4. The van der Waals surface area contributed by atoms with E-state index in [2.05, 4.69) is 108 Å². The minimum absolute atomic E-state index is 0. The zero-order chi connectivity index (χ0) is 93.4. The first-order valence-electron chi connectivity index (χ1n) is 39.9. The number of aromatic carboxylic acids is 1. The summed E-state index contributed by atoms with van der Waals surface area (Å²) in [6.45, 7) is 7.27. The number of hydrogen-bond acceptors (Lipinski definition) is 16. The molecule has 1 saturated carbocycles.